The van der Waals surface area contributed by atoms with Gasteiger partial charge in [-0.05, 0) is 0 Å². The topological polar surface area (TPSA) is 47.3 Å². The van der Waals surface area contributed by atoms with Gasteiger partial charge < -0.3 is 14.5 Å². The molecular formula is C10H15F3N2O2. The number of aryl methyl sites for hydroxylation is 1. The van der Waals surface area contributed by atoms with Gasteiger partial charge in [0.15, 0.2) is 0 Å². The fourth-order valence-electron chi connectivity index (χ4n) is 1.12. The van der Waals surface area contributed by atoms with E-state index in [0.29, 0.717) is 19.0 Å². The molecule has 0 fully saturated rings. The predicted molar refractivity (Wildman–Crippen MR) is 54.5 cm³/mol. The minimum Gasteiger partial charge on any atom is -0.444 e. The lowest BCUT2D eigenvalue weighted by Gasteiger charge is -2.07. The molecule has 1 aromatic heterocycles. The lowest BCUT2D eigenvalue weighted by atomic mass is 10.4. The largest absolute Gasteiger partial charge is 0.444 e. The van der Waals surface area contributed by atoms with Crippen LogP contribution in [0.5, 0.6) is 0 Å². The van der Waals surface area contributed by atoms with Gasteiger partial charge in [0.1, 0.15) is 12.4 Å². The first kappa shape index (κ1) is 14.0. The van der Waals surface area contributed by atoms with E-state index in [1.807, 2.05) is 6.92 Å². The fourth-order valence-corrected chi connectivity index (χ4v) is 1.12. The average molecular weight is 252 g/mol. The minimum atomic E-state index is -4.27. The van der Waals surface area contributed by atoms with Crippen molar-refractivity contribution in [1.29, 1.82) is 0 Å². The van der Waals surface area contributed by atoms with Gasteiger partial charge in [-0.1, -0.05) is 6.92 Å². The van der Waals surface area contributed by atoms with E-state index in [2.05, 4.69) is 15.0 Å². The van der Waals surface area contributed by atoms with E-state index in [4.69, 9.17) is 4.42 Å². The van der Waals surface area contributed by atoms with Gasteiger partial charge >= 0.3 is 6.18 Å². The third-order valence-electron chi connectivity index (χ3n) is 1.92. The molecule has 0 spiro atoms. The summed E-state index contributed by atoms with van der Waals surface area (Å²) >= 11 is 0. The Hall–Kier alpha value is -1.08. The molecular weight excluding hydrogens is 237 g/mol. The second-order valence-corrected chi connectivity index (χ2v) is 3.42. The number of nitrogens with zero attached hydrogens (tertiary/aromatic N) is 1. The van der Waals surface area contributed by atoms with E-state index < -0.39 is 12.8 Å². The molecule has 0 saturated heterocycles. The minimum absolute atomic E-state index is 0.000847. The molecule has 1 aromatic rings. The fraction of sp³-hybridized carbons (Fsp3) is 0.700. The number of aromatic nitrogens is 1. The van der Waals surface area contributed by atoms with E-state index in [1.54, 1.807) is 6.20 Å². The van der Waals surface area contributed by atoms with Crippen molar-refractivity contribution >= 4 is 0 Å². The predicted octanol–water partition coefficient (Wildman–Crippen LogP) is 1.91. The van der Waals surface area contributed by atoms with Crippen molar-refractivity contribution in [2.24, 2.45) is 0 Å². The van der Waals surface area contributed by atoms with Crippen LogP contribution in [-0.2, 0) is 17.7 Å². The Bertz CT molecular complexity index is 326. The molecule has 1 rings (SSSR count). The molecule has 1 N–H and O–H groups in total. The summed E-state index contributed by atoms with van der Waals surface area (Å²) in [5, 5.41) is 2.88. The standard InChI is InChI=1S/C10H15F3N2O2/c1-2-8-5-15-9(17-8)6-14-3-4-16-7-10(11,12)13/h5,14H,2-4,6-7H2,1H3. The number of oxazole rings is 1. The third-order valence-corrected chi connectivity index (χ3v) is 1.92. The zero-order valence-electron chi connectivity index (χ0n) is 9.51. The number of nitrogens with one attached hydrogen (secondary N) is 1. The molecule has 0 aliphatic heterocycles. The van der Waals surface area contributed by atoms with E-state index in [0.717, 1.165) is 12.2 Å². The highest BCUT2D eigenvalue weighted by atomic mass is 19.4. The van der Waals surface area contributed by atoms with Crippen molar-refractivity contribution in [2.75, 3.05) is 19.8 Å². The Morgan fingerprint density at radius 3 is 2.82 bits per heavy atom. The number of alkyl halides is 3. The SMILES string of the molecule is CCc1cnc(CNCCOCC(F)(F)F)o1. The Labute approximate surface area is 97.2 Å². The normalized spacial score (nSPS) is 12.0. The van der Waals surface area contributed by atoms with E-state index >= 15 is 0 Å². The highest BCUT2D eigenvalue weighted by molar-refractivity contribution is 4.93. The number of hydrogen-bond donors (Lipinski definition) is 1. The van der Waals surface area contributed by atoms with Crippen molar-refractivity contribution < 1.29 is 22.3 Å². The van der Waals surface area contributed by atoms with Crippen LogP contribution < -0.4 is 5.32 Å². The van der Waals surface area contributed by atoms with Crippen molar-refractivity contribution in [3.8, 4) is 0 Å². The van der Waals surface area contributed by atoms with Crippen LogP contribution in [0.25, 0.3) is 0 Å². The van der Waals surface area contributed by atoms with Gasteiger partial charge in [-0.25, -0.2) is 4.98 Å². The highest BCUT2D eigenvalue weighted by Crippen LogP contribution is 2.13. The van der Waals surface area contributed by atoms with E-state index in [9.17, 15) is 13.2 Å². The summed E-state index contributed by atoms with van der Waals surface area (Å²) in [5.74, 6) is 1.31. The summed E-state index contributed by atoms with van der Waals surface area (Å²) in [6.07, 6.45) is -1.86. The van der Waals surface area contributed by atoms with Crippen LogP contribution in [-0.4, -0.2) is 30.9 Å². The lowest BCUT2D eigenvalue weighted by Crippen LogP contribution is -2.23. The molecule has 98 valence electrons. The Morgan fingerprint density at radius 1 is 1.47 bits per heavy atom. The van der Waals surface area contributed by atoms with Crippen LogP contribution in [0.4, 0.5) is 13.2 Å². The lowest BCUT2D eigenvalue weighted by molar-refractivity contribution is -0.173. The van der Waals surface area contributed by atoms with Gasteiger partial charge in [-0.2, -0.15) is 13.2 Å². The third kappa shape index (κ3) is 6.28. The molecule has 0 bridgehead atoms. The molecule has 0 atom stereocenters. The zero-order chi connectivity index (χ0) is 12.7. The molecule has 0 saturated carbocycles. The molecule has 0 radical (unpaired) electrons. The monoisotopic (exact) mass is 252 g/mol. The van der Waals surface area contributed by atoms with Crippen LogP contribution in [0.2, 0.25) is 0 Å². The summed E-state index contributed by atoms with van der Waals surface area (Å²) in [6.45, 7) is 1.44. The van der Waals surface area contributed by atoms with Gasteiger partial charge in [0.05, 0.1) is 19.3 Å². The van der Waals surface area contributed by atoms with E-state index in [-0.39, 0.29) is 6.61 Å². The zero-order valence-corrected chi connectivity index (χ0v) is 9.51. The first-order valence-corrected chi connectivity index (χ1v) is 5.30. The summed E-state index contributed by atoms with van der Waals surface area (Å²) < 4.78 is 44.8. The van der Waals surface area contributed by atoms with Gasteiger partial charge in [0.25, 0.3) is 0 Å². The van der Waals surface area contributed by atoms with Gasteiger partial charge in [0, 0.05) is 13.0 Å². The molecule has 17 heavy (non-hydrogen) atoms. The molecule has 1 heterocycles. The van der Waals surface area contributed by atoms with Gasteiger partial charge in [-0.15, -0.1) is 0 Å². The molecule has 0 aliphatic rings. The summed E-state index contributed by atoms with van der Waals surface area (Å²) in [7, 11) is 0. The van der Waals surface area contributed by atoms with Crippen molar-refractivity contribution in [1.82, 2.24) is 10.3 Å². The van der Waals surface area contributed by atoms with Crippen LogP contribution in [0.15, 0.2) is 10.6 Å². The smallest absolute Gasteiger partial charge is 0.411 e. The summed E-state index contributed by atoms with van der Waals surface area (Å²) in [5.41, 5.74) is 0. The van der Waals surface area contributed by atoms with Crippen molar-refractivity contribution in [3.05, 3.63) is 17.8 Å². The van der Waals surface area contributed by atoms with Gasteiger partial charge in [0.2, 0.25) is 5.89 Å². The maximum atomic E-state index is 11.7. The summed E-state index contributed by atoms with van der Waals surface area (Å²) in [4.78, 5) is 3.99. The maximum absolute atomic E-state index is 11.7. The molecule has 7 heteroatoms. The molecule has 0 aliphatic carbocycles. The quantitative estimate of drug-likeness (QED) is 0.753. The summed E-state index contributed by atoms with van der Waals surface area (Å²) in [6, 6.07) is 0. The first-order valence-electron chi connectivity index (χ1n) is 5.30. The van der Waals surface area contributed by atoms with Gasteiger partial charge in [-0.3, -0.25) is 0 Å². The average Bonchev–Trinajstić information content (AvgIpc) is 2.69. The Balaban J connectivity index is 2.04. The van der Waals surface area contributed by atoms with Crippen LogP contribution in [0.1, 0.15) is 18.6 Å². The van der Waals surface area contributed by atoms with Crippen LogP contribution >= 0.6 is 0 Å². The number of hydrogen-bond acceptors (Lipinski definition) is 4. The second-order valence-electron chi connectivity index (χ2n) is 3.42. The molecule has 0 amide bonds. The first-order chi connectivity index (χ1) is 8.01. The van der Waals surface area contributed by atoms with E-state index in [1.165, 1.54) is 0 Å². The van der Waals surface area contributed by atoms with Crippen molar-refractivity contribution in [2.45, 2.75) is 26.1 Å². The Morgan fingerprint density at radius 2 is 2.24 bits per heavy atom. The van der Waals surface area contributed by atoms with Crippen LogP contribution in [0, 0.1) is 0 Å². The van der Waals surface area contributed by atoms with Crippen molar-refractivity contribution in [3.63, 3.8) is 0 Å². The number of ether oxygens (including phenoxy) is 1. The maximum Gasteiger partial charge on any atom is 0.411 e. The highest BCUT2D eigenvalue weighted by Gasteiger charge is 2.27. The molecule has 0 aromatic carbocycles. The number of rotatable bonds is 7. The molecule has 4 nitrogen and oxygen atoms in total. The Kier molecular flexibility index (Phi) is 5.43. The second kappa shape index (κ2) is 6.61. The number of halogens is 3. The van der Waals surface area contributed by atoms with Crippen LogP contribution in [0.3, 0.4) is 0 Å². The molecule has 0 unspecified atom stereocenters.